The molecule has 2 heterocycles. The molecule has 38 heavy (non-hydrogen) atoms. The first-order chi connectivity index (χ1) is 18.2. The van der Waals surface area contributed by atoms with Crippen LogP contribution in [0.5, 0.6) is 0 Å². The third-order valence-electron chi connectivity index (χ3n) is 6.39. The molecular formula is C27H27ClF3N4O2P. The Labute approximate surface area is 225 Å². The number of piperidine rings is 1. The maximum absolute atomic E-state index is 15.4. The SMILES string of the molecule is CCP(CC)c1ccccc1-c1cc(F)c(N2CCCC(NC(=O)Nc3ncc(Cl)cc3F)C2=O)c(F)c1. The first-order valence-corrected chi connectivity index (χ1v) is 14.4. The molecule has 3 amide bonds. The number of amides is 3. The van der Waals surface area contributed by atoms with Gasteiger partial charge in [-0.25, -0.2) is 22.9 Å². The van der Waals surface area contributed by atoms with Crippen LogP contribution in [0.15, 0.2) is 48.7 Å². The molecular weight excluding hydrogens is 536 g/mol. The van der Waals surface area contributed by atoms with Crippen molar-refractivity contribution in [2.45, 2.75) is 32.7 Å². The van der Waals surface area contributed by atoms with Crippen molar-refractivity contribution in [2.75, 3.05) is 29.1 Å². The summed E-state index contributed by atoms with van der Waals surface area (Å²) in [5, 5.41) is 5.80. The third-order valence-corrected chi connectivity index (χ3v) is 9.19. The average Bonchev–Trinajstić information content (AvgIpc) is 2.88. The summed E-state index contributed by atoms with van der Waals surface area (Å²) in [6, 6.07) is 9.16. The maximum atomic E-state index is 15.4. The number of hydrogen-bond donors (Lipinski definition) is 2. The minimum absolute atomic E-state index is 0.0571. The maximum Gasteiger partial charge on any atom is 0.321 e. The van der Waals surface area contributed by atoms with Gasteiger partial charge in [0.15, 0.2) is 23.3 Å². The summed E-state index contributed by atoms with van der Waals surface area (Å²) in [7, 11) is -0.469. The van der Waals surface area contributed by atoms with E-state index in [1.807, 2.05) is 24.3 Å². The van der Waals surface area contributed by atoms with Gasteiger partial charge in [-0.2, -0.15) is 0 Å². The summed E-state index contributed by atoms with van der Waals surface area (Å²) in [5.74, 6) is -3.60. The van der Waals surface area contributed by atoms with Crippen LogP contribution in [-0.2, 0) is 4.79 Å². The van der Waals surface area contributed by atoms with E-state index in [0.29, 0.717) is 12.0 Å². The van der Waals surface area contributed by atoms with Crippen LogP contribution >= 0.6 is 19.5 Å². The number of urea groups is 1. The number of aromatic nitrogens is 1. The van der Waals surface area contributed by atoms with E-state index in [0.717, 1.165) is 40.4 Å². The van der Waals surface area contributed by atoms with Crippen LogP contribution in [0.25, 0.3) is 11.1 Å². The van der Waals surface area contributed by atoms with Crippen molar-refractivity contribution in [2.24, 2.45) is 0 Å². The molecule has 0 radical (unpaired) electrons. The molecule has 200 valence electrons. The molecule has 2 N–H and O–H groups in total. The topological polar surface area (TPSA) is 74.3 Å². The van der Waals surface area contributed by atoms with Gasteiger partial charge in [-0.1, -0.05) is 57.6 Å². The molecule has 3 aromatic rings. The van der Waals surface area contributed by atoms with E-state index < -0.39 is 49.0 Å². The summed E-state index contributed by atoms with van der Waals surface area (Å²) in [6.07, 6.45) is 3.72. The number of anilines is 2. The van der Waals surface area contributed by atoms with E-state index in [2.05, 4.69) is 29.5 Å². The van der Waals surface area contributed by atoms with E-state index in [1.165, 1.54) is 12.1 Å². The van der Waals surface area contributed by atoms with Gasteiger partial charge >= 0.3 is 6.03 Å². The fourth-order valence-corrected chi connectivity index (χ4v) is 6.69. The van der Waals surface area contributed by atoms with Crippen molar-refractivity contribution >= 4 is 48.3 Å². The molecule has 1 aromatic heterocycles. The Balaban J connectivity index is 1.55. The number of benzene rings is 2. The van der Waals surface area contributed by atoms with E-state index in [4.69, 9.17) is 11.6 Å². The van der Waals surface area contributed by atoms with Crippen molar-refractivity contribution in [3.63, 3.8) is 0 Å². The molecule has 1 unspecified atom stereocenters. The third kappa shape index (κ3) is 5.94. The first-order valence-electron chi connectivity index (χ1n) is 12.3. The standard InChI is InChI=1S/C27H27ClF3N4O2P/c1-3-38(4-2)23-10-6-5-8-18(23)16-12-19(29)24(20(30)13-16)35-11-7-9-22(26(35)36)33-27(37)34-25-21(31)14-17(28)15-32-25/h5-6,8,10,12-15,22H,3-4,7,9,11H2,1-2H3,(H2,32,33,34,37). The lowest BCUT2D eigenvalue weighted by Crippen LogP contribution is -2.53. The smallest absolute Gasteiger partial charge is 0.321 e. The van der Waals surface area contributed by atoms with Crippen molar-refractivity contribution in [1.82, 2.24) is 10.3 Å². The second-order valence-corrected chi connectivity index (χ2v) is 12.0. The summed E-state index contributed by atoms with van der Waals surface area (Å²) in [4.78, 5) is 30.3. The Bertz CT molecular complexity index is 1330. The fraction of sp³-hybridized carbons (Fsp3) is 0.296. The van der Waals surface area contributed by atoms with Crippen LogP contribution in [0.4, 0.5) is 29.5 Å². The lowest BCUT2D eigenvalue weighted by molar-refractivity contribution is -0.121. The van der Waals surface area contributed by atoms with E-state index in [1.54, 1.807) is 0 Å². The molecule has 0 bridgehead atoms. The zero-order valence-corrected chi connectivity index (χ0v) is 22.6. The molecule has 1 saturated heterocycles. The van der Waals surface area contributed by atoms with Gasteiger partial charge in [-0.15, -0.1) is 0 Å². The van der Waals surface area contributed by atoms with Crippen LogP contribution in [0, 0.1) is 17.5 Å². The monoisotopic (exact) mass is 562 g/mol. The zero-order chi connectivity index (χ0) is 27.4. The number of carbonyl (C=O) groups is 2. The van der Waals surface area contributed by atoms with Gasteiger partial charge in [0.1, 0.15) is 11.7 Å². The quantitative estimate of drug-likeness (QED) is 0.333. The number of nitrogens with one attached hydrogen (secondary N) is 2. The Kier molecular flexibility index (Phi) is 8.90. The van der Waals surface area contributed by atoms with Crippen LogP contribution in [0.3, 0.4) is 0 Å². The average molecular weight is 563 g/mol. The fourth-order valence-electron chi connectivity index (χ4n) is 4.58. The predicted octanol–water partition coefficient (Wildman–Crippen LogP) is 6.28. The van der Waals surface area contributed by atoms with E-state index in [-0.39, 0.29) is 23.8 Å². The molecule has 1 aliphatic rings. The van der Waals surface area contributed by atoms with Gasteiger partial charge in [0.05, 0.1) is 5.02 Å². The zero-order valence-electron chi connectivity index (χ0n) is 20.9. The van der Waals surface area contributed by atoms with Crippen molar-refractivity contribution < 1.29 is 22.8 Å². The molecule has 4 rings (SSSR count). The van der Waals surface area contributed by atoms with Gasteiger partial charge in [0.2, 0.25) is 5.91 Å². The second kappa shape index (κ2) is 12.1. The number of pyridine rings is 1. The lowest BCUT2D eigenvalue weighted by Gasteiger charge is -2.33. The molecule has 11 heteroatoms. The minimum Gasteiger partial charge on any atom is -0.326 e. The van der Waals surface area contributed by atoms with Crippen LogP contribution < -0.4 is 20.8 Å². The van der Waals surface area contributed by atoms with Crippen LogP contribution in [0.1, 0.15) is 26.7 Å². The van der Waals surface area contributed by atoms with Crippen molar-refractivity contribution in [3.05, 3.63) is 71.1 Å². The normalized spacial score (nSPS) is 15.6. The molecule has 1 aliphatic heterocycles. The summed E-state index contributed by atoms with van der Waals surface area (Å²) in [5.41, 5.74) is 0.724. The first kappa shape index (κ1) is 27.9. The lowest BCUT2D eigenvalue weighted by atomic mass is 10.0. The summed E-state index contributed by atoms with van der Waals surface area (Å²) < 4.78 is 44.8. The molecule has 6 nitrogen and oxygen atoms in total. The molecule has 2 aromatic carbocycles. The van der Waals surface area contributed by atoms with Crippen molar-refractivity contribution in [1.29, 1.82) is 0 Å². The van der Waals surface area contributed by atoms with Crippen LogP contribution in [0.2, 0.25) is 5.02 Å². The van der Waals surface area contributed by atoms with Crippen LogP contribution in [-0.4, -0.2) is 41.8 Å². The number of rotatable bonds is 7. The highest BCUT2D eigenvalue weighted by atomic mass is 35.5. The van der Waals surface area contributed by atoms with Gasteiger partial charge in [-0.05, 0) is 59.8 Å². The Morgan fingerprint density at radius 3 is 2.45 bits per heavy atom. The predicted molar refractivity (Wildman–Crippen MR) is 146 cm³/mol. The largest absolute Gasteiger partial charge is 0.326 e. The van der Waals surface area contributed by atoms with Gasteiger partial charge < -0.3 is 10.2 Å². The Morgan fingerprint density at radius 1 is 1.11 bits per heavy atom. The molecule has 1 atom stereocenters. The van der Waals surface area contributed by atoms with E-state index >= 15 is 8.78 Å². The number of nitrogens with zero attached hydrogens (tertiary/aromatic N) is 2. The highest BCUT2D eigenvalue weighted by Gasteiger charge is 2.34. The van der Waals surface area contributed by atoms with Gasteiger partial charge in [0, 0.05) is 12.7 Å². The Morgan fingerprint density at radius 2 is 1.79 bits per heavy atom. The highest BCUT2D eigenvalue weighted by molar-refractivity contribution is 7.65. The van der Waals surface area contributed by atoms with Gasteiger partial charge in [0.25, 0.3) is 0 Å². The molecule has 0 aliphatic carbocycles. The summed E-state index contributed by atoms with van der Waals surface area (Å²) >= 11 is 5.67. The second-order valence-electron chi connectivity index (χ2n) is 8.75. The molecule has 0 spiro atoms. The number of halogens is 4. The highest BCUT2D eigenvalue weighted by Crippen LogP contribution is 2.39. The number of carbonyl (C=O) groups excluding carboxylic acids is 2. The molecule has 0 saturated carbocycles. The summed E-state index contributed by atoms with van der Waals surface area (Å²) in [6.45, 7) is 4.30. The molecule has 1 fully saturated rings. The van der Waals surface area contributed by atoms with E-state index in [9.17, 15) is 14.0 Å². The Hall–Kier alpha value is -3.16. The minimum atomic E-state index is -1.06. The number of hydrogen-bond acceptors (Lipinski definition) is 3. The van der Waals surface area contributed by atoms with Crippen molar-refractivity contribution in [3.8, 4) is 11.1 Å². The van der Waals surface area contributed by atoms with Gasteiger partial charge in [-0.3, -0.25) is 10.1 Å².